The zero-order valence-corrected chi connectivity index (χ0v) is 13.8. The number of aromatic nitrogens is 1. The lowest BCUT2D eigenvalue weighted by Gasteiger charge is -2.19. The van der Waals surface area contributed by atoms with E-state index in [0.717, 1.165) is 42.7 Å². The van der Waals surface area contributed by atoms with E-state index < -0.39 is 0 Å². The van der Waals surface area contributed by atoms with E-state index in [1.54, 1.807) is 0 Å². The van der Waals surface area contributed by atoms with Gasteiger partial charge in [-0.1, -0.05) is 24.3 Å². The highest BCUT2D eigenvalue weighted by Crippen LogP contribution is 2.31. The van der Waals surface area contributed by atoms with Gasteiger partial charge in [-0.25, -0.2) is 4.98 Å². The van der Waals surface area contributed by atoms with Crippen molar-refractivity contribution in [1.82, 2.24) is 10.3 Å². The van der Waals surface area contributed by atoms with E-state index >= 15 is 0 Å². The van der Waals surface area contributed by atoms with Gasteiger partial charge < -0.3 is 10.1 Å². The predicted octanol–water partition coefficient (Wildman–Crippen LogP) is 3.60. The minimum Gasteiger partial charge on any atom is -0.493 e. The molecule has 0 unspecified atom stereocenters. The Hall–Kier alpha value is -2.36. The maximum atomic E-state index is 12.7. The third-order valence-electron chi connectivity index (χ3n) is 4.91. The van der Waals surface area contributed by atoms with Crippen molar-refractivity contribution < 1.29 is 9.53 Å². The van der Waals surface area contributed by atoms with E-state index in [-0.39, 0.29) is 11.9 Å². The van der Waals surface area contributed by atoms with Crippen LogP contribution < -0.4 is 10.1 Å². The number of amides is 1. The quantitative estimate of drug-likeness (QED) is 0.919. The Morgan fingerprint density at radius 1 is 1.08 bits per heavy atom. The highest BCUT2D eigenvalue weighted by Gasteiger charge is 2.22. The number of carbonyl (C=O) groups excluding carboxylic acids is 1. The van der Waals surface area contributed by atoms with Gasteiger partial charge in [0.05, 0.1) is 12.6 Å². The highest BCUT2D eigenvalue weighted by molar-refractivity contribution is 5.92. The van der Waals surface area contributed by atoms with Crippen LogP contribution in [-0.4, -0.2) is 17.5 Å². The first-order valence-corrected chi connectivity index (χ1v) is 8.82. The Bertz CT molecular complexity index is 757. The van der Waals surface area contributed by atoms with Crippen LogP contribution in [0.15, 0.2) is 36.4 Å². The molecule has 4 rings (SSSR count). The number of nitrogens with zero attached hydrogens (tertiary/aromatic N) is 1. The molecule has 0 fully saturated rings. The minimum atomic E-state index is -0.0925. The van der Waals surface area contributed by atoms with Crippen LogP contribution in [0.3, 0.4) is 0 Å². The Kier molecular flexibility index (Phi) is 4.20. The van der Waals surface area contributed by atoms with E-state index in [1.807, 2.05) is 30.3 Å². The number of rotatable bonds is 2. The number of nitrogens with one attached hydrogen (secondary N) is 1. The Balaban J connectivity index is 1.56. The summed E-state index contributed by atoms with van der Waals surface area (Å²) in [5, 5.41) is 3.16. The molecule has 4 nitrogen and oxygen atoms in total. The second-order valence-corrected chi connectivity index (χ2v) is 6.56. The summed E-state index contributed by atoms with van der Waals surface area (Å²) in [5.74, 6) is 0.781. The third-order valence-corrected chi connectivity index (χ3v) is 4.91. The first kappa shape index (κ1) is 15.2. The number of benzene rings is 1. The molecule has 0 bridgehead atoms. The summed E-state index contributed by atoms with van der Waals surface area (Å²) >= 11 is 0. The Labute approximate surface area is 142 Å². The number of para-hydroxylation sites is 1. The molecule has 1 atom stereocenters. The van der Waals surface area contributed by atoms with E-state index in [4.69, 9.17) is 4.74 Å². The number of pyridine rings is 1. The first-order valence-electron chi connectivity index (χ1n) is 8.82. The molecule has 2 aromatic rings. The van der Waals surface area contributed by atoms with E-state index in [0.29, 0.717) is 12.3 Å². The van der Waals surface area contributed by atoms with Crippen LogP contribution in [0.1, 0.15) is 59.0 Å². The highest BCUT2D eigenvalue weighted by atomic mass is 16.5. The van der Waals surface area contributed by atoms with Crippen molar-refractivity contribution in [3.63, 3.8) is 0 Å². The van der Waals surface area contributed by atoms with Crippen molar-refractivity contribution in [2.24, 2.45) is 0 Å². The first-order chi connectivity index (χ1) is 11.8. The maximum Gasteiger partial charge on any atom is 0.270 e. The van der Waals surface area contributed by atoms with Gasteiger partial charge in [-0.3, -0.25) is 4.79 Å². The summed E-state index contributed by atoms with van der Waals surface area (Å²) in [6, 6.07) is 11.9. The molecule has 2 heterocycles. The number of hydrogen-bond acceptors (Lipinski definition) is 3. The summed E-state index contributed by atoms with van der Waals surface area (Å²) in [7, 11) is 0. The molecule has 0 saturated heterocycles. The number of carbonyl (C=O) groups is 1. The molecule has 1 aromatic carbocycles. The van der Waals surface area contributed by atoms with Crippen LogP contribution in [0.25, 0.3) is 0 Å². The van der Waals surface area contributed by atoms with E-state index in [1.165, 1.54) is 18.4 Å². The summed E-state index contributed by atoms with van der Waals surface area (Å²) in [5.41, 5.74) is 3.98. The number of aryl methyl sites for hydroxylation is 2. The van der Waals surface area contributed by atoms with Crippen LogP contribution in [0.4, 0.5) is 0 Å². The van der Waals surface area contributed by atoms with E-state index in [2.05, 4.69) is 16.4 Å². The van der Waals surface area contributed by atoms with Gasteiger partial charge in [0.1, 0.15) is 11.4 Å². The average Bonchev–Trinajstić information content (AvgIpc) is 2.84. The molecule has 2 aliphatic rings. The molecular formula is C20H22N2O2. The third kappa shape index (κ3) is 3.01. The van der Waals surface area contributed by atoms with Crippen molar-refractivity contribution in [2.75, 3.05) is 6.61 Å². The summed E-state index contributed by atoms with van der Waals surface area (Å²) in [6.45, 7) is 0.695. The summed E-state index contributed by atoms with van der Waals surface area (Å²) < 4.78 is 5.77. The van der Waals surface area contributed by atoms with Crippen molar-refractivity contribution >= 4 is 5.91 Å². The van der Waals surface area contributed by atoms with Crippen LogP contribution in [0.2, 0.25) is 0 Å². The van der Waals surface area contributed by atoms with Gasteiger partial charge in [0.2, 0.25) is 0 Å². The fourth-order valence-corrected chi connectivity index (χ4v) is 3.62. The monoisotopic (exact) mass is 322 g/mol. The van der Waals surface area contributed by atoms with Crippen molar-refractivity contribution in [3.8, 4) is 5.75 Å². The second kappa shape index (κ2) is 6.63. The fourth-order valence-electron chi connectivity index (χ4n) is 3.62. The van der Waals surface area contributed by atoms with Gasteiger partial charge >= 0.3 is 0 Å². The molecule has 1 aliphatic heterocycles. The number of ether oxygens (including phenoxy) is 1. The van der Waals surface area contributed by atoms with Crippen LogP contribution in [0, 0.1) is 0 Å². The Morgan fingerprint density at radius 3 is 2.92 bits per heavy atom. The van der Waals surface area contributed by atoms with Gasteiger partial charge in [-0.15, -0.1) is 0 Å². The lowest BCUT2D eigenvalue weighted by molar-refractivity contribution is 0.0929. The maximum absolute atomic E-state index is 12.7. The van der Waals surface area contributed by atoms with Gasteiger partial charge in [-0.2, -0.15) is 0 Å². The number of hydrogen-bond donors (Lipinski definition) is 1. The smallest absolute Gasteiger partial charge is 0.270 e. The molecule has 1 aliphatic carbocycles. The molecule has 1 N–H and O–H groups in total. The van der Waals surface area contributed by atoms with Crippen molar-refractivity contribution in [1.29, 1.82) is 0 Å². The topological polar surface area (TPSA) is 51.2 Å². The van der Waals surface area contributed by atoms with Gasteiger partial charge in [-0.05, 0) is 56.2 Å². The van der Waals surface area contributed by atoms with Gasteiger partial charge in [0, 0.05) is 11.3 Å². The zero-order valence-electron chi connectivity index (χ0n) is 13.8. The molecule has 1 amide bonds. The molecule has 0 saturated carbocycles. The molecule has 24 heavy (non-hydrogen) atoms. The normalized spacial score (nSPS) is 19.4. The SMILES string of the molecule is O=C(N[C@@H]1CCCOc2ccccc21)c1ccc2c(n1)CCCC2. The van der Waals surface area contributed by atoms with E-state index in [9.17, 15) is 4.79 Å². The molecule has 1 aromatic heterocycles. The standard InChI is InChI=1S/C20H22N2O2/c23-20(18-12-11-14-6-1-3-8-16(14)21-18)22-17-9-5-13-24-19-10-4-2-7-15(17)19/h2,4,7,10-12,17H,1,3,5-6,8-9,13H2,(H,22,23)/t17-/m1/s1. The molecule has 124 valence electrons. The Morgan fingerprint density at radius 2 is 1.96 bits per heavy atom. The molecule has 0 radical (unpaired) electrons. The molecular weight excluding hydrogens is 300 g/mol. The predicted molar refractivity (Wildman–Crippen MR) is 92.3 cm³/mol. The lowest BCUT2D eigenvalue weighted by atomic mass is 9.96. The molecule has 4 heteroatoms. The van der Waals surface area contributed by atoms with Crippen LogP contribution in [0.5, 0.6) is 5.75 Å². The lowest BCUT2D eigenvalue weighted by Crippen LogP contribution is -2.29. The van der Waals surface area contributed by atoms with Crippen LogP contribution in [-0.2, 0) is 12.8 Å². The minimum absolute atomic E-state index is 0.0194. The zero-order chi connectivity index (χ0) is 16.4. The van der Waals surface area contributed by atoms with Crippen molar-refractivity contribution in [2.45, 2.75) is 44.6 Å². The largest absolute Gasteiger partial charge is 0.493 e. The molecule has 0 spiro atoms. The van der Waals surface area contributed by atoms with Crippen molar-refractivity contribution in [3.05, 3.63) is 58.9 Å². The van der Waals surface area contributed by atoms with Gasteiger partial charge in [0.15, 0.2) is 0 Å². The fraction of sp³-hybridized carbons (Fsp3) is 0.400. The average molecular weight is 322 g/mol. The van der Waals surface area contributed by atoms with Crippen LogP contribution >= 0.6 is 0 Å². The second-order valence-electron chi connectivity index (χ2n) is 6.56. The summed E-state index contributed by atoms with van der Waals surface area (Å²) in [4.78, 5) is 17.3. The number of fused-ring (bicyclic) bond motifs is 2. The van der Waals surface area contributed by atoms with Gasteiger partial charge in [0.25, 0.3) is 5.91 Å². The summed E-state index contributed by atoms with van der Waals surface area (Å²) in [6.07, 6.45) is 6.26.